The van der Waals surface area contributed by atoms with Crippen molar-refractivity contribution in [2.45, 2.75) is 13.5 Å². The molecule has 9 nitrogen and oxygen atoms in total. The van der Waals surface area contributed by atoms with Gasteiger partial charge in [0.25, 0.3) is 5.91 Å². The van der Waals surface area contributed by atoms with Crippen LogP contribution in [-0.2, 0) is 20.4 Å². The van der Waals surface area contributed by atoms with Gasteiger partial charge in [0.2, 0.25) is 0 Å². The summed E-state index contributed by atoms with van der Waals surface area (Å²) in [4.78, 5) is 37.3. The molecule has 1 atom stereocenters. The van der Waals surface area contributed by atoms with Crippen molar-refractivity contribution in [2.24, 2.45) is 0 Å². The molecule has 0 fully saturated rings. The van der Waals surface area contributed by atoms with Crippen LogP contribution in [0.3, 0.4) is 0 Å². The Balaban J connectivity index is 1.83. The zero-order valence-corrected chi connectivity index (χ0v) is 16.2. The van der Waals surface area contributed by atoms with Gasteiger partial charge in [-0.2, -0.15) is 4.98 Å². The first-order chi connectivity index (χ1) is 13.4. The van der Waals surface area contributed by atoms with Crippen molar-refractivity contribution in [3.63, 3.8) is 0 Å². The maximum atomic E-state index is 12.1. The number of allylic oxidation sites excluding steroid dienone is 1. The Kier molecular flexibility index (Phi) is 8.28. The molecular weight excluding hydrogens is 385 g/mol. The third-order valence-corrected chi connectivity index (χ3v) is 4.59. The Bertz CT molecular complexity index is 913. The molecule has 0 spiro atoms. The zero-order valence-electron chi connectivity index (χ0n) is 15.4. The number of rotatable bonds is 10. The lowest BCUT2D eigenvalue weighted by molar-refractivity contribution is 0.102. The fourth-order valence-corrected chi connectivity index (χ4v) is 2.96. The Hall–Kier alpha value is -2.58. The molecule has 0 radical (unpaired) electrons. The molecule has 0 aliphatic carbocycles. The number of carbonyl (C=O) groups is 1. The fraction of sp³-hybridized carbons (Fsp3) is 0.278. The number of hydrogen-bond acceptors (Lipinski definition) is 6. The van der Waals surface area contributed by atoms with Gasteiger partial charge >= 0.3 is 13.3 Å². The summed E-state index contributed by atoms with van der Waals surface area (Å²) in [6.45, 7) is 2.09. The molecule has 1 amide bonds. The summed E-state index contributed by atoms with van der Waals surface area (Å²) >= 11 is 0. The van der Waals surface area contributed by atoms with Crippen LogP contribution in [-0.4, -0.2) is 39.9 Å². The van der Waals surface area contributed by atoms with Gasteiger partial charge in [-0.25, -0.2) is 4.79 Å². The molecule has 28 heavy (non-hydrogen) atoms. The number of aromatic nitrogens is 2. The summed E-state index contributed by atoms with van der Waals surface area (Å²) in [5.41, 5.74) is -0.0548. The van der Waals surface area contributed by atoms with Crippen LogP contribution in [0.2, 0.25) is 0 Å². The lowest BCUT2D eigenvalue weighted by Gasteiger charge is -2.09. The summed E-state index contributed by atoms with van der Waals surface area (Å²) in [6, 6.07) is 10.1. The van der Waals surface area contributed by atoms with Crippen molar-refractivity contribution in [3.8, 4) is 0 Å². The monoisotopic (exact) mass is 407 g/mol. The van der Waals surface area contributed by atoms with E-state index in [1.165, 1.54) is 16.8 Å². The van der Waals surface area contributed by atoms with E-state index in [1.807, 2.05) is 0 Å². The second-order valence-electron chi connectivity index (χ2n) is 5.59. The molecule has 1 aromatic carbocycles. The van der Waals surface area contributed by atoms with E-state index < -0.39 is 19.6 Å². The van der Waals surface area contributed by atoms with Crippen molar-refractivity contribution in [2.75, 3.05) is 24.9 Å². The number of nitrogens with zero attached hydrogens (tertiary/aromatic N) is 2. The molecule has 2 N–H and O–H groups in total. The number of amides is 1. The highest BCUT2D eigenvalue weighted by molar-refractivity contribution is 7.52. The number of hydrogen-bond donors (Lipinski definition) is 2. The Morgan fingerprint density at radius 1 is 1.29 bits per heavy atom. The highest BCUT2D eigenvalue weighted by Crippen LogP contribution is 2.41. The molecule has 2 aromatic rings. The molecule has 0 saturated heterocycles. The molecule has 2 rings (SSSR count). The minimum absolute atomic E-state index is 0.102. The van der Waals surface area contributed by atoms with Crippen LogP contribution in [0.5, 0.6) is 0 Å². The predicted molar refractivity (Wildman–Crippen MR) is 104 cm³/mol. The van der Waals surface area contributed by atoms with Crippen molar-refractivity contribution < 1.29 is 23.5 Å². The van der Waals surface area contributed by atoms with E-state index in [1.54, 1.807) is 49.4 Å². The van der Waals surface area contributed by atoms with Gasteiger partial charge in [-0.1, -0.05) is 30.4 Å². The summed E-state index contributed by atoms with van der Waals surface area (Å²) in [5, 5.41) is 2.57. The van der Waals surface area contributed by atoms with Gasteiger partial charge in [0, 0.05) is 18.3 Å². The molecule has 150 valence electrons. The summed E-state index contributed by atoms with van der Waals surface area (Å²) in [7, 11) is -3.70. The minimum atomic E-state index is -3.70. The third kappa shape index (κ3) is 7.21. The molecule has 1 unspecified atom stereocenters. The van der Waals surface area contributed by atoms with Gasteiger partial charge < -0.3 is 19.5 Å². The maximum absolute atomic E-state index is 12.1. The fourth-order valence-electron chi connectivity index (χ4n) is 2.15. The van der Waals surface area contributed by atoms with Crippen LogP contribution in [0, 0.1) is 0 Å². The highest BCUT2D eigenvalue weighted by Gasteiger charge is 2.17. The summed E-state index contributed by atoms with van der Waals surface area (Å²) in [6.07, 6.45) is 4.39. The molecule has 1 heterocycles. The SMILES string of the molecule is CCOP(=O)(O)COC/C=C\Cn1ccc(NC(=O)c2ccccc2)nc1=O. The predicted octanol–water partition coefficient (Wildman–Crippen LogP) is 2.25. The van der Waals surface area contributed by atoms with Crippen LogP contribution in [0.1, 0.15) is 17.3 Å². The van der Waals surface area contributed by atoms with Crippen LogP contribution in [0.25, 0.3) is 0 Å². The Labute approximate surface area is 162 Å². The van der Waals surface area contributed by atoms with Crippen LogP contribution in [0.4, 0.5) is 5.82 Å². The number of nitrogens with one attached hydrogen (secondary N) is 1. The lowest BCUT2D eigenvalue weighted by Crippen LogP contribution is -2.24. The zero-order chi connectivity index (χ0) is 20.4. The third-order valence-electron chi connectivity index (χ3n) is 3.42. The van der Waals surface area contributed by atoms with Crippen LogP contribution >= 0.6 is 7.60 Å². The van der Waals surface area contributed by atoms with E-state index in [2.05, 4.69) is 14.8 Å². The van der Waals surface area contributed by atoms with Crippen LogP contribution < -0.4 is 11.0 Å². The Morgan fingerprint density at radius 2 is 2.04 bits per heavy atom. The van der Waals surface area contributed by atoms with Gasteiger partial charge in [-0.15, -0.1) is 0 Å². The van der Waals surface area contributed by atoms with E-state index in [0.717, 1.165) is 0 Å². The normalized spacial score (nSPS) is 13.4. The molecule has 0 aliphatic rings. The average molecular weight is 407 g/mol. The van der Waals surface area contributed by atoms with Gasteiger partial charge in [0.05, 0.1) is 13.2 Å². The second kappa shape index (κ2) is 10.7. The quantitative estimate of drug-likeness (QED) is 0.352. The smallest absolute Gasteiger partial charge is 0.353 e. The first-order valence-electron chi connectivity index (χ1n) is 8.54. The minimum Gasteiger partial charge on any atom is -0.365 e. The van der Waals surface area contributed by atoms with Crippen molar-refractivity contribution >= 4 is 19.3 Å². The first-order valence-corrected chi connectivity index (χ1v) is 10.3. The summed E-state index contributed by atoms with van der Waals surface area (Å²) < 4.78 is 22.5. The molecule has 0 aliphatic heterocycles. The number of carbonyl (C=O) groups excluding carboxylic acids is 1. The van der Waals surface area contributed by atoms with Crippen LogP contribution in [0.15, 0.2) is 59.5 Å². The van der Waals surface area contributed by atoms with Crippen molar-refractivity contribution in [1.29, 1.82) is 0 Å². The maximum Gasteiger partial charge on any atom is 0.353 e. The summed E-state index contributed by atoms with van der Waals surface area (Å²) in [5.74, 6) is -0.187. The number of ether oxygens (including phenoxy) is 1. The van der Waals surface area contributed by atoms with Crippen molar-refractivity contribution in [3.05, 3.63) is 70.8 Å². The van der Waals surface area contributed by atoms with E-state index in [0.29, 0.717) is 5.56 Å². The van der Waals surface area contributed by atoms with Gasteiger partial charge in [0.1, 0.15) is 12.2 Å². The highest BCUT2D eigenvalue weighted by atomic mass is 31.2. The van der Waals surface area contributed by atoms with Gasteiger partial charge in [-0.05, 0) is 25.1 Å². The molecule has 0 bridgehead atoms. The molecule has 10 heteroatoms. The van der Waals surface area contributed by atoms with Gasteiger partial charge in [-0.3, -0.25) is 13.9 Å². The average Bonchev–Trinajstić information content (AvgIpc) is 2.66. The van der Waals surface area contributed by atoms with Gasteiger partial charge in [0.15, 0.2) is 0 Å². The standard InChI is InChI=1S/C18H22N3O6P/c1-2-27-28(24,25)14-26-13-7-6-11-21-12-10-16(20-18(21)23)19-17(22)15-8-4-3-5-9-15/h3-10,12H,2,11,13-14H2,1H3,(H,24,25)(H,19,20,22,23)/b7-6-. The van der Waals surface area contributed by atoms with E-state index >= 15 is 0 Å². The lowest BCUT2D eigenvalue weighted by atomic mass is 10.2. The van der Waals surface area contributed by atoms with E-state index in [9.17, 15) is 19.0 Å². The molecule has 0 saturated carbocycles. The molecule has 1 aromatic heterocycles. The Morgan fingerprint density at radius 3 is 2.71 bits per heavy atom. The largest absolute Gasteiger partial charge is 0.365 e. The van der Waals surface area contributed by atoms with E-state index in [4.69, 9.17) is 4.74 Å². The number of anilines is 1. The first kappa shape index (κ1) is 21.7. The second-order valence-corrected chi connectivity index (χ2v) is 7.39. The molecular formula is C18H22N3O6P. The topological polar surface area (TPSA) is 120 Å². The van der Waals surface area contributed by atoms with Crippen molar-refractivity contribution in [1.82, 2.24) is 9.55 Å². The number of benzene rings is 1. The van der Waals surface area contributed by atoms with E-state index in [-0.39, 0.29) is 31.5 Å².